The van der Waals surface area contributed by atoms with E-state index >= 15 is 0 Å². The molecule has 0 aliphatic rings. The molecule has 0 aromatic carbocycles. The highest BCUT2D eigenvalue weighted by Crippen LogP contribution is 2.13. The number of aliphatic hydroxyl groups is 4. The van der Waals surface area contributed by atoms with Crippen LogP contribution >= 0.6 is 0 Å². The van der Waals surface area contributed by atoms with Gasteiger partial charge in [-0.2, -0.15) is 0 Å². The van der Waals surface area contributed by atoms with Crippen molar-refractivity contribution < 1.29 is 39.5 Å². The molecular weight excluding hydrogens is 248 g/mol. The number of carbonyl (C=O) groups is 2. The third-order valence-electron chi connectivity index (χ3n) is 2.08. The number of rotatable bonds is 7. The molecular formula is C10H18O8. The van der Waals surface area contributed by atoms with Gasteiger partial charge in [0.05, 0.1) is 13.2 Å². The van der Waals surface area contributed by atoms with Crippen LogP contribution in [0.2, 0.25) is 0 Å². The zero-order valence-corrected chi connectivity index (χ0v) is 10.1. The monoisotopic (exact) mass is 266 g/mol. The Morgan fingerprint density at radius 2 is 1.50 bits per heavy atom. The first kappa shape index (κ1) is 16.8. The van der Waals surface area contributed by atoms with E-state index in [4.69, 9.17) is 14.9 Å². The van der Waals surface area contributed by atoms with Crippen molar-refractivity contribution in [3.05, 3.63) is 0 Å². The van der Waals surface area contributed by atoms with Gasteiger partial charge in [-0.15, -0.1) is 0 Å². The van der Waals surface area contributed by atoms with Crippen molar-refractivity contribution in [2.24, 2.45) is 0 Å². The van der Waals surface area contributed by atoms with Gasteiger partial charge in [-0.05, 0) is 0 Å². The predicted molar refractivity (Wildman–Crippen MR) is 57.3 cm³/mol. The van der Waals surface area contributed by atoms with Crippen LogP contribution in [0.25, 0.3) is 0 Å². The lowest BCUT2D eigenvalue weighted by molar-refractivity contribution is -0.187. The molecule has 106 valence electrons. The van der Waals surface area contributed by atoms with Crippen molar-refractivity contribution in [3.8, 4) is 0 Å². The van der Waals surface area contributed by atoms with Crippen molar-refractivity contribution >= 4 is 11.9 Å². The number of ether oxygens (including phenoxy) is 2. The zero-order valence-electron chi connectivity index (χ0n) is 10.1. The van der Waals surface area contributed by atoms with Gasteiger partial charge in [-0.3, -0.25) is 9.59 Å². The normalized spacial score (nSPS) is 17.4. The van der Waals surface area contributed by atoms with Gasteiger partial charge in [0.2, 0.25) is 0 Å². The van der Waals surface area contributed by atoms with Crippen LogP contribution in [0.5, 0.6) is 0 Å². The summed E-state index contributed by atoms with van der Waals surface area (Å²) in [5, 5.41) is 36.7. The molecule has 0 aromatic heterocycles. The summed E-state index contributed by atoms with van der Waals surface area (Å²) in [6.07, 6.45) is -6.10. The molecule has 0 aliphatic heterocycles. The summed E-state index contributed by atoms with van der Waals surface area (Å²) in [6, 6.07) is 0. The third-order valence-corrected chi connectivity index (χ3v) is 2.08. The molecule has 0 radical (unpaired) electrons. The second kappa shape index (κ2) is 7.98. The Hall–Kier alpha value is -1.22. The predicted octanol–water partition coefficient (Wildman–Crippen LogP) is -2.44. The van der Waals surface area contributed by atoms with E-state index in [-0.39, 0.29) is 0 Å². The summed E-state index contributed by atoms with van der Waals surface area (Å²) in [4.78, 5) is 21.7. The fraction of sp³-hybridized carbons (Fsp3) is 0.800. The van der Waals surface area contributed by atoms with E-state index in [9.17, 15) is 19.8 Å². The van der Waals surface area contributed by atoms with E-state index in [0.29, 0.717) is 0 Å². The molecule has 0 saturated carbocycles. The van der Waals surface area contributed by atoms with Gasteiger partial charge < -0.3 is 29.9 Å². The lowest BCUT2D eigenvalue weighted by Crippen LogP contribution is -2.50. The molecule has 0 rings (SSSR count). The Balaban J connectivity index is 4.92. The van der Waals surface area contributed by atoms with Crippen molar-refractivity contribution in [2.45, 2.75) is 38.3 Å². The molecule has 8 heteroatoms. The van der Waals surface area contributed by atoms with Crippen LogP contribution in [0.1, 0.15) is 13.8 Å². The second-order valence-electron chi connectivity index (χ2n) is 3.65. The molecule has 0 bridgehead atoms. The van der Waals surface area contributed by atoms with E-state index in [1.165, 1.54) is 0 Å². The fourth-order valence-corrected chi connectivity index (χ4v) is 1.31. The van der Waals surface area contributed by atoms with Gasteiger partial charge in [0, 0.05) is 13.8 Å². The maximum Gasteiger partial charge on any atom is 0.303 e. The summed E-state index contributed by atoms with van der Waals surface area (Å²) < 4.78 is 9.35. The smallest absolute Gasteiger partial charge is 0.303 e. The summed E-state index contributed by atoms with van der Waals surface area (Å²) in [5.41, 5.74) is 0. The van der Waals surface area contributed by atoms with Crippen molar-refractivity contribution in [2.75, 3.05) is 13.2 Å². The Kier molecular flexibility index (Phi) is 7.44. The Labute approximate surface area is 104 Å². The van der Waals surface area contributed by atoms with Gasteiger partial charge in [0.15, 0.2) is 12.2 Å². The maximum absolute atomic E-state index is 10.9. The standard InChI is InChI=1S/C10H18O8/c1-5(13)17-8(4-12)10(18-6(2)14)9(16)7(15)3-11/h7-12,15-16H,3-4H2,1-2H3/t7-,8+,9-,10-/m1/s1. The van der Waals surface area contributed by atoms with Crippen LogP contribution in [0.4, 0.5) is 0 Å². The molecule has 0 heterocycles. The average molecular weight is 266 g/mol. The maximum atomic E-state index is 10.9. The molecule has 0 aromatic rings. The molecule has 4 atom stereocenters. The average Bonchev–Trinajstić information content (AvgIpc) is 2.30. The first-order valence-corrected chi connectivity index (χ1v) is 5.25. The SMILES string of the molecule is CC(=O)O[C@@H]([C@H](O)[C@H](O)CO)[C@H](CO)OC(C)=O. The second-order valence-corrected chi connectivity index (χ2v) is 3.65. The van der Waals surface area contributed by atoms with Crippen molar-refractivity contribution in [1.29, 1.82) is 0 Å². The van der Waals surface area contributed by atoms with Gasteiger partial charge in [0.1, 0.15) is 12.2 Å². The zero-order chi connectivity index (χ0) is 14.3. The number of esters is 2. The van der Waals surface area contributed by atoms with Crippen molar-refractivity contribution in [3.63, 3.8) is 0 Å². The van der Waals surface area contributed by atoms with Crippen LogP contribution in [-0.2, 0) is 19.1 Å². The molecule has 18 heavy (non-hydrogen) atoms. The minimum absolute atomic E-state index is 0.716. The fourth-order valence-electron chi connectivity index (χ4n) is 1.31. The molecule has 0 amide bonds. The number of hydrogen-bond donors (Lipinski definition) is 4. The van der Waals surface area contributed by atoms with E-state index in [2.05, 4.69) is 4.74 Å². The Morgan fingerprint density at radius 1 is 1.00 bits per heavy atom. The first-order valence-electron chi connectivity index (χ1n) is 5.25. The Bertz CT molecular complexity index is 279. The van der Waals surface area contributed by atoms with E-state index < -0.39 is 49.6 Å². The number of carbonyl (C=O) groups excluding carboxylic acids is 2. The van der Waals surface area contributed by atoms with E-state index in [1.807, 2.05) is 0 Å². The lowest BCUT2D eigenvalue weighted by Gasteiger charge is -2.30. The van der Waals surface area contributed by atoms with Gasteiger partial charge >= 0.3 is 11.9 Å². The highest BCUT2D eigenvalue weighted by molar-refractivity contribution is 5.67. The third kappa shape index (κ3) is 5.41. The van der Waals surface area contributed by atoms with E-state index in [0.717, 1.165) is 13.8 Å². The molecule has 0 saturated heterocycles. The highest BCUT2D eigenvalue weighted by atomic mass is 16.6. The number of hydrogen-bond acceptors (Lipinski definition) is 8. The van der Waals surface area contributed by atoms with Crippen LogP contribution in [-0.4, -0.2) is 70.0 Å². The quantitative estimate of drug-likeness (QED) is 0.373. The largest absolute Gasteiger partial charge is 0.456 e. The van der Waals surface area contributed by atoms with Crippen LogP contribution in [0.15, 0.2) is 0 Å². The minimum atomic E-state index is -1.70. The van der Waals surface area contributed by atoms with Crippen LogP contribution in [0, 0.1) is 0 Å². The lowest BCUT2D eigenvalue weighted by atomic mass is 10.0. The van der Waals surface area contributed by atoms with Crippen LogP contribution in [0.3, 0.4) is 0 Å². The summed E-state index contributed by atoms with van der Waals surface area (Å²) in [6.45, 7) is 0.624. The summed E-state index contributed by atoms with van der Waals surface area (Å²) >= 11 is 0. The molecule has 0 spiro atoms. The molecule has 0 fully saturated rings. The topological polar surface area (TPSA) is 134 Å². The van der Waals surface area contributed by atoms with Crippen LogP contribution < -0.4 is 0 Å². The number of aliphatic hydroxyl groups excluding tert-OH is 4. The molecule has 4 N–H and O–H groups in total. The summed E-state index contributed by atoms with van der Waals surface area (Å²) in [5.74, 6) is -1.55. The van der Waals surface area contributed by atoms with Gasteiger partial charge in [0.25, 0.3) is 0 Å². The van der Waals surface area contributed by atoms with Crippen molar-refractivity contribution in [1.82, 2.24) is 0 Å². The minimum Gasteiger partial charge on any atom is -0.456 e. The first-order chi connectivity index (χ1) is 8.33. The van der Waals surface area contributed by atoms with E-state index in [1.54, 1.807) is 0 Å². The molecule has 8 nitrogen and oxygen atoms in total. The summed E-state index contributed by atoms with van der Waals surface area (Å²) in [7, 11) is 0. The molecule has 0 aliphatic carbocycles. The van der Waals surface area contributed by atoms with Gasteiger partial charge in [-0.1, -0.05) is 0 Å². The van der Waals surface area contributed by atoms with Gasteiger partial charge in [-0.25, -0.2) is 0 Å². The molecule has 0 unspecified atom stereocenters. The highest BCUT2D eigenvalue weighted by Gasteiger charge is 2.37. The Morgan fingerprint density at radius 3 is 1.83 bits per heavy atom.